The zero-order valence-electron chi connectivity index (χ0n) is 14.3. The molecule has 0 unspecified atom stereocenters. The number of carbonyl (C=O) groups is 6. The molecule has 0 aromatic rings. The molecule has 1 aliphatic rings. The predicted octanol–water partition coefficient (Wildman–Crippen LogP) is -2.67. The van der Waals surface area contributed by atoms with Crippen LogP contribution in [-0.2, 0) is 48.3 Å². The fourth-order valence-corrected chi connectivity index (χ4v) is 1.88. The van der Waals surface area contributed by atoms with Crippen LogP contribution in [0.15, 0.2) is 12.2 Å². The maximum Gasteiger partial charge on any atom is 0.379 e. The van der Waals surface area contributed by atoms with Crippen LogP contribution >= 0.6 is 0 Å². The van der Waals surface area contributed by atoms with E-state index in [1.807, 2.05) is 0 Å². The van der Waals surface area contributed by atoms with E-state index >= 15 is 0 Å². The molecule has 0 fully saturated rings. The Morgan fingerprint density at radius 3 is 1.68 bits per heavy atom. The second-order valence-corrected chi connectivity index (χ2v) is 5.26. The molecule has 0 atom stereocenters. The Kier molecular flexibility index (Phi) is 9.05. The Morgan fingerprint density at radius 1 is 0.857 bits per heavy atom. The van der Waals surface area contributed by atoms with E-state index in [0.29, 0.717) is 12.2 Å². The third kappa shape index (κ3) is 9.83. The summed E-state index contributed by atoms with van der Waals surface area (Å²) >= 11 is 0. The molecule has 0 radical (unpaired) electrons. The molecule has 0 spiro atoms. The highest BCUT2D eigenvalue weighted by Crippen LogP contribution is 1.99. The smallest absolute Gasteiger partial charge is 0.379 e. The highest BCUT2D eigenvalue weighted by atomic mass is 17.2. The zero-order chi connectivity index (χ0) is 21.1. The van der Waals surface area contributed by atoms with Crippen molar-refractivity contribution in [1.29, 1.82) is 0 Å². The SMILES string of the molecule is O=C(O)CN(CCN1CC(=O)OOC(=O)/C=C/C(=O)OOC(=O)C1)CC(=O)O. The summed E-state index contributed by atoms with van der Waals surface area (Å²) in [6.45, 7) is -2.75. The largest absolute Gasteiger partial charge is 0.480 e. The molecule has 28 heavy (non-hydrogen) atoms. The van der Waals surface area contributed by atoms with Gasteiger partial charge in [-0.15, -0.1) is 0 Å². The van der Waals surface area contributed by atoms with Gasteiger partial charge in [-0.25, -0.2) is 38.7 Å². The van der Waals surface area contributed by atoms with Crippen LogP contribution < -0.4 is 0 Å². The summed E-state index contributed by atoms with van der Waals surface area (Å²) < 4.78 is 0. The van der Waals surface area contributed by atoms with Crippen LogP contribution in [0, 0.1) is 0 Å². The van der Waals surface area contributed by atoms with Gasteiger partial charge in [-0.05, 0) is 0 Å². The highest BCUT2D eigenvalue weighted by molar-refractivity contribution is 5.91. The summed E-state index contributed by atoms with van der Waals surface area (Å²) in [5.41, 5.74) is 0. The lowest BCUT2D eigenvalue weighted by atomic mass is 10.4. The van der Waals surface area contributed by atoms with Crippen molar-refractivity contribution in [1.82, 2.24) is 9.80 Å². The number of aliphatic carboxylic acids is 2. The van der Waals surface area contributed by atoms with Gasteiger partial charge in [-0.3, -0.25) is 19.4 Å². The lowest BCUT2D eigenvalue weighted by Gasteiger charge is -2.23. The van der Waals surface area contributed by atoms with Gasteiger partial charge in [0.15, 0.2) is 0 Å². The second kappa shape index (κ2) is 11.2. The minimum Gasteiger partial charge on any atom is -0.480 e. The Labute approximate surface area is 156 Å². The van der Waals surface area contributed by atoms with Crippen molar-refractivity contribution in [3.63, 3.8) is 0 Å². The van der Waals surface area contributed by atoms with E-state index in [2.05, 4.69) is 19.6 Å². The number of rotatable bonds is 7. The van der Waals surface area contributed by atoms with Crippen LogP contribution in [0.5, 0.6) is 0 Å². The van der Waals surface area contributed by atoms with Gasteiger partial charge >= 0.3 is 35.8 Å². The van der Waals surface area contributed by atoms with Crippen LogP contribution in [0.25, 0.3) is 0 Å². The van der Waals surface area contributed by atoms with E-state index in [0.717, 1.165) is 9.80 Å². The van der Waals surface area contributed by atoms with Crippen LogP contribution in [-0.4, -0.2) is 95.1 Å². The van der Waals surface area contributed by atoms with Crippen LogP contribution in [0.1, 0.15) is 0 Å². The van der Waals surface area contributed by atoms with Gasteiger partial charge in [-0.1, -0.05) is 0 Å². The molecular formula is C14H16N2O12. The van der Waals surface area contributed by atoms with Gasteiger partial charge in [0.05, 0.1) is 13.1 Å². The molecule has 14 heteroatoms. The van der Waals surface area contributed by atoms with Gasteiger partial charge in [0.1, 0.15) is 13.1 Å². The number of carboxylic acids is 2. The third-order valence-corrected chi connectivity index (χ3v) is 2.94. The molecule has 2 N–H and O–H groups in total. The Hall–Kier alpha value is -3.52. The lowest BCUT2D eigenvalue weighted by molar-refractivity contribution is -0.257. The monoisotopic (exact) mass is 404 g/mol. The molecule has 14 nitrogen and oxygen atoms in total. The molecule has 0 aromatic carbocycles. The van der Waals surface area contributed by atoms with Crippen LogP contribution in [0.3, 0.4) is 0 Å². The van der Waals surface area contributed by atoms with Crippen molar-refractivity contribution in [2.75, 3.05) is 39.3 Å². The average molecular weight is 404 g/mol. The molecule has 154 valence electrons. The molecule has 0 aliphatic carbocycles. The summed E-state index contributed by atoms with van der Waals surface area (Å²) in [5, 5.41) is 17.6. The van der Waals surface area contributed by atoms with Crippen molar-refractivity contribution in [3.05, 3.63) is 12.2 Å². The molecule has 1 rings (SSSR count). The highest BCUT2D eigenvalue weighted by Gasteiger charge is 2.22. The average Bonchev–Trinajstić information content (AvgIpc) is 2.59. The van der Waals surface area contributed by atoms with Crippen molar-refractivity contribution in [2.45, 2.75) is 0 Å². The summed E-state index contributed by atoms with van der Waals surface area (Å²) in [6, 6.07) is 0. The van der Waals surface area contributed by atoms with Gasteiger partial charge in [0.25, 0.3) is 0 Å². The minimum absolute atomic E-state index is 0.166. The van der Waals surface area contributed by atoms with Gasteiger partial charge in [0.2, 0.25) is 0 Å². The topological polar surface area (TPSA) is 186 Å². The number of hydrogen-bond donors (Lipinski definition) is 2. The fraction of sp³-hybridized carbons (Fsp3) is 0.429. The van der Waals surface area contributed by atoms with Crippen molar-refractivity contribution < 1.29 is 58.5 Å². The summed E-state index contributed by atoms with van der Waals surface area (Å²) in [7, 11) is 0. The quantitative estimate of drug-likeness (QED) is 0.418. The maximum atomic E-state index is 11.7. The van der Waals surface area contributed by atoms with Crippen molar-refractivity contribution in [3.8, 4) is 0 Å². The number of hydrogen-bond acceptors (Lipinski definition) is 12. The molecule has 0 aromatic heterocycles. The lowest BCUT2D eigenvalue weighted by Crippen LogP contribution is -2.44. The Balaban J connectivity index is 2.79. The molecule has 0 amide bonds. The van der Waals surface area contributed by atoms with Crippen molar-refractivity contribution >= 4 is 35.8 Å². The molecule has 0 saturated heterocycles. The first-order valence-electron chi connectivity index (χ1n) is 7.54. The van der Waals surface area contributed by atoms with Gasteiger partial charge in [-0.2, -0.15) is 0 Å². The molecule has 1 aliphatic heterocycles. The van der Waals surface area contributed by atoms with Crippen LogP contribution in [0.4, 0.5) is 0 Å². The summed E-state index contributed by atoms with van der Waals surface area (Å²) in [4.78, 5) is 86.2. The van der Waals surface area contributed by atoms with Crippen LogP contribution in [0.2, 0.25) is 0 Å². The molecule has 1 heterocycles. The third-order valence-electron chi connectivity index (χ3n) is 2.94. The van der Waals surface area contributed by atoms with E-state index in [1.54, 1.807) is 0 Å². The second-order valence-electron chi connectivity index (χ2n) is 5.26. The normalized spacial score (nSPS) is 17.9. The number of carbonyl (C=O) groups excluding carboxylic acids is 4. The predicted molar refractivity (Wildman–Crippen MR) is 81.7 cm³/mol. The van der Waals surface area contributed by atoms with Crippen molar-refractivity contribution in [2.24, 2.45) is 0 Å². The molecule has 0 saturated carbocycles. The Morgan fingerprint density at radius 2 is 1.29 bits per heavy atom. The van der Waals surface area contributed by atoms with E-state index in [4.69, 9.17) is 10.2 Å². The summed E-state index contributed by atoms with van der Waals surface area (Å²) in [5.74, 6) is -7.17. The first-order valence-corrected chi connectivity index (χ1v) is 7.54. The van der Waals surface area contributed by atoms with E-state index in [1.165, 1.54) is 0 Å². The number of carboxylic acid groups (broad SMARTS) is 2. The van der Waals surface area contributed by atoms with E-state index < -0.39 is 62.0 Å². The standard InChI is InChI=1S/C14H16N2O12/c17-9(18)5-15(6-10(19)20)3-4-16-7-13(23)27-25-11(21)1-2-12(22)26-28-14(24)8-16/h1-2H,3-8H2,(H,17,18)(H,19,20)/b2-1+. The number of nitrogens with zero attached hydrogens (tertiary/aromatic N) is 2. The zero-order valence-corrected chi connectivity index (χ0v) is 14.3. The minimum atomic E-state index is -1.28. The summed E-state index contributed by atoms with van der Waals surface area (Å²) in [6.07, 6.45) is 1.13. The van der Waals surface area contributed by atoms with Gasteiger partial charge in [0, 0.05) is 25.2 Å². The van der Waals surface area contributed by atoms with Gasteiger partial charge < -0.3 is 10.2 Å². The van der Waals surface area contributed by atoms with E-state index in [9.17, 15) is 28.8 Å². The first kappa shape index (κ1) is 22.5. The first-order chi connectivity index (χ1) is 13.2. The Bertz CT molecular complexity index is 621. The molecular weight excluding hydrogens is 388 g/mol. The fourth-order valence-electron chi connectivity index (χ4n) is 1.88. The molecule has 0 bridgehead atoms. The van der Waals surface area contributed by atoms with E-state index in [-0.39, 0.29) is 13.1 Å². The maximum absolute atomic E-state index is 11.7.